The van der Waals surface area contributed by atoms with E-state index in [9.17, 15) is 0 Å². The molecule has 1 aromatic heterocycles. The summed E-state index contributed by atoms with van der Waals surface area (Å²) in [6.45, 7) is 7.43. The molecule has 0 unspecified atom stereocenters. The zero-order chi connectivity index (χ0) is 14.0. The molecule has 0 bridgehead atoms. The zero-order valence-electron chi connectivity index (χ0n) is 12.0. The second kappa shape index (κ2) is 5.93. The number of benzene rings is 1. The predicted molar refractivity (Wildman–Crippen MR) is 84.3 cm³/mol. The van der Waals surface area contributed by atoms with E-state index in [2.05, 4.69) is 84.0 Å². The van der Waals surface area contributed by atoms with Gasteiger partial charge in [0.25, 0.3) is 0 Å². The van der Waals surface area contributed by atoms with Gasteiger partial charge >= 0.3 is 0 Å². The van der Waals surface area contributed by atoms with Crippen molar-refractivity contribution < 1.29 is 0 Å². The lowest BCUT2D eigenvalue weighted by molar-refractivity contribution is 0.572. The molecule has 0 aliphatic heterocycles. The molecule has 2 rings (SSSR count). The van der Waals surface area contributed by atoms with Gasteiger partial charge in [-0.25, -0.2) is 0 Å². The van der Waals surface area contributed by atoms with Crippen LogP contribution in [-0.4, -0.2) is 4.57 Å². The van der Waals surface area contributed by atoms with Crippen LogP contribution in [0.25, 0.3) is 0 Å². The van der Waals surface area contributed by atoms with Crippen LogP contribution >= 0.6 is 15.9 Å². The molecule has 1 N–H and O–H groups in total. The van der Waals surface area contributed by atoms with E-state index < -0.39 is 0 Å². The summed E-state index contributed by atoms with van der Waals surface area (Å²) in [6.07, 6.45) is 0. The fraction of sp³-hybridized carbons (Fsp3) is 0.375. The monoisotopic (exact) mass is 320 g/mol. The molecule has 0 saturated heterocycles. The molecular formula is C16H21BrN2. The summed E-state index contributed by atoms with van der Waals surface area (Å²) < 4.78 is 3.36. The summed E-state index contributed by atoms with van der Waals surface area (Å²) in [5.41, 5.74) is 5.34. The molecular weight excluding hydrogens is 300 g/mol. The average molecular weight is 321 g/mol. The standard InChI is InChI=1S/C16H21BrN2/c1-11-9-15(13(3)19(11)4)10-18-12(2)14-5-7-16(17)8-6-14/h5-9,12,18H,10H2,1-4H3/t12-/m1/s1. The second-order valence-electron chi connectivity index (χ2n) is 5.11. The first kappa shape index (κ1) is 14.4. The number of aromatic nitrogens is 1. The molecule has 0 aliphatic carbocycles. The Labute approximate surface area is 124 Å². The Morgan fingerprint density at radius 1 is 1.21 bits per heavy atom. The third-order valence-corrected chi connectivity index (χ3v) is 4.38. The first-order valence-electron chi connectivity index (χ1n) is 6.59. The third kappa shape index (κ3) is 3.28. The highest BCUT2D eigenvalue weighted by Crippen LogP contribution is 2.18. The SMILES string of the molecule is Cc1cc(CN[C@H](C)c2ccc(Br)cc2)c(C)n1C. The van der Waals surface area contributed by atoms with E-state index >= 15 is 0 Å². The topological polar surface area (TPSA) is 17.0 Å². The number of rotatable bonds is 4. The summed E-state index contributed by atoms with van der Waals surface area (Å²) >= 11 is 3.47. The van der Waals surface area contributed by atoms with Crippen LogP contribution in [-0.2, 0) is 13.6 Å². The highest BCUT2D eigenvalue weighted by Gasteiger charge is 2.08. The number of hydrogen-bond donors (Lipinski definition) is 1. The number of halogens is 1. The fourth-order valence-corrected chi connectivity index (χ4v) is 2.51. The van der Waals surface area contributed by atoms with Crippen molar-refractivity contribution in [1.82, 2.24) is 9.88 Å². The van der Waals surface area contributed by atoms with Crippen molar-refractivity contribution >= 4 is 15.9 Å². The van der Waals surface area contributed by atoms with Crippen LogP contribution in [0.15, 0.2) is 34.8 Å². The van der Waals surface area contributed by atoms with Gasteiger partial charge in [-0.05, 0) is 50.1 Å². The lowest BCUT2D eigenvalue weighted by Crippen LogP contribution is -2.18. The summed E-state index contributed by atoms with van der Waals surface area (Å²) in [6, 6.07) is 11.1. The summed E-state index contributed by atoms with van der Waals surface area (Å²) in [4.78, 5) is 0. The van der Waals surface area contributed by atoms with Gasteiger partial charge in [0.1, 0.15) is 0 Å². The molecule has 0 spiro atoms. The normalized spacial score (nSPS) is 12.7. The Hall–Kier alpha value is -1.06. The molecule has 0 saturated carbocycles. The van der Waals surface area contributed by atoms with E-state index in [1.54, 1.807) is 0 Å². The van der Waals surface area contributed by atoms with Crippen molar-refractivity contribution in [2.75, 3.05) is 0 Å². The molecule has 1 aromatic carbocycles. The largest absolute Gasteiger partial charge is 0.352 e. The van der Waals surface area contributed by atoms with Crippen molar-refractivity contribution in [3.05, 3.63) is 57.3 Å². The first-order valence-corrected chi connectivity index (χ1v) is 7.39. The van der Waals surface area contributed by atoms with Gasteiger partial charge < -0.3 is 9.88 Å². The Balaban J connectivity index is 2.02. The molecule has 1 atom stereocenters. The maximum Gasteiger partial charge on any atom is 0.0294 e. The van der Waals surface area contributed by atoms with Crippen LogP contribution in [0.4, 0.5) is 0 Å². The smallest absolute Gasteiger partial charge is 0.0294 e. The number of hydrogen-bond acceptors (Lipinski definition) is 1. The molecule has 102 valence electrons. The van der Waals surface area contributed by atoms with E-state index in [-0.39, 0.29) is 0 Å². The first-order chi connectivity index (χ1) is 8.99. The van der Waals surface area contributed by atoms with Crippen LogP contribution in [0.1, 0.15) is 35.5 Å². The van der Waals surface area contributed by atoms with Crippen molar-refractivity contribution in [2.24, 2.45) is 7.05 Å². The number of nitrogens with zero attached hydrogens (tertiary/aromatic N) is 1. The fourth-order valence-electron chi connectivity index (χ4n) is 2.24. The Morgan fingerprint density at radius 3 is 2.37 bits per heavy atom. The zero-order valence-corrected chi connectivity index (χ0v) is 13.6. The number of nitrogens with one attached hydrogen (secondary N) is 1. The second-order valence-corrected chi connectivity index (χ2v) is 6.03. The Kier molecular flexibility index (Phi) is 4.48. The van der Waals surface area contributed by atoms with E-state index in [4.69, 9.17) is 0 Å². The molecule has 3 heteroatoms. The van der Waals surface area contributed by atoms with E-state index in [1.165, 1.54) is 22.5 Å². The van der Waals surface area contributed by atoms with Crippen LogP contribution < -0.4 is 5.32 Å². The minimum atomic E-state index is 0.355. The molecule has 0 aliphatic rings. The van der Waals surface area contributed by atoms with E-state index in [1.807, 2.05) is 0 Å². The molecule has 2 aromatic rings. The van der Waals surface area contributed by atoms with Gasteiger partial charge in [0.05, 0.1) is 0 Å². The highest BCUT2D eigenvalue weighted by molar-refractivity contribution is 9.10. The maximum absolute atomic E-state index is 3.59. The lowest BCUT2D eigenvalue weighted by atomic mass is 10.1. The average Bonchev–Trinajstić information content (AvgIpc) is 2.64. The van der Waals surface area contributed by atoms with Gasteiger partial charge in [-0.3, -0.25) is 0 Å². The Morgan fingerprint density at radius 2 is 1.84 bits per heavy atom. The van der Waals surface area contributed by atoms with Gasteiger partial charge in [-0.2, -0.15) is 0 Å². The van der Waals surface area contributed by atoms with Crippen LogP contribution in [0.3, 0.4) is 0 Å². The summed E-state index contributed by atoms with van der Waals surface area (Å²) in [7, 11) is 2.12. The Bertz CT molecular complexity index is 555. The molecule has 0 amide bonds. The molecule has 0 fully saturated rings. The van der Waals surface area contributed by atoms with Gasteiger partial charge in [-0.1, -0.05) is 28.1 Å². The molecule has 0 radical (unpaired) electrons. The van der Waals surface area contributed by atoms with E-state index in [0.717, 1.165) is 11.0 Å². The van der Waals surface area contributed by atoms with Crippen molar-refractivity contribution in [1.29, 1.82) is 0 Å². The molecule has 19 heavy (non-hydrogen) atoms. The van der Waals surface area contributed by atoms with Gasteiger partial charge in [0.2, 0.25) is 0 Å². The summed E-state index contributed by atoms with van der Waals surface area (Å²) in [5, 5.41) is 3.59. The molecule has 2 nitrogen and oxygen atoms in total. The molecule has 1 heterocycles. The van der Waals surface area contributed by atoms with Gasteiger partial charge in [-0.15, -0.1) is 0 Å². The van der Waals surface area contributed by atoms with Crippen molar-refractivity contribution in [3.8, 4) is 0 Å². The minimum absolute atomic E-state index is 0.355. The predicted octanol–water partition coefficient (Wildman–Crippen LogP) is 4.26. The summed E-state index contributed by atoms with van der Waals surface area (Å²) in [5.74, 6) is 0. The van der Waals surface area contributed by atoms with Crippen LogP contribution in [0, 0.1) is 13.8 Å². The van der Waals surface area contributed by atoms with Crippen LogP contribution in [0.2, 0.25) is 0 Å². The van der Waals surface area contributed by atoms with Crippen molar-refractivity contribution in [2.45, 2.75) is 33.4 Å². The quantitative estimate of drug-likeness (QED) is 0.890. The van der Waals surface area contributed by atoms with Crippen molar-refractivity contribution in [3.63, 3.8) is 0 Å². The highest BCUT2D eigenvalue weighted by atomic mass is 79.9. The van der Waals surface area contributed by atoms with Gasteiger partial charge in [0, 0.05) is 35.5 Å². The maximum atomic E-state index is 3.59. The van der Waals surface area contributed by atoms with Crippen LogP contribution in [0.5, 0.6) is 0 Å². The van der Waals surface area contributed by atoms with E-state index in [0.29, 0.717) is 6.04 Å². The number of aryl methyl sites for hydroxylation is 1. The lowest BCUT2D eigenvalue weighted by Gasteiger charge is -2.14. The minimum Gasteiger partial charge on any atom is -0.352 e. The third-order valence-electron chi connectivity index (χ3n) is 3.85. The van der Waals surface area contributed by atoms with Gasteiger partial charge in [0.15, 0.2) is 0 Å².